The quantitative estimate of drug-likeness (QED) is 0.584. The van der Waals surface area contributed by atoms with Crippen LogP contribution in [0.3, 0.4) is 0 Å². The Kier molecular flexibility index (Phi) is 5.37. The van der Waals surface area contributed by atoms with E-state index in [1.807, 2.05) is 0 Å². The van der Waals surface area contributed by atoms with Crippen LogP contribution in [0.1, 0.15) is 18.4 Å². The Balaban J connectivity index is 1.49. The Labute approximate surface area is 173 Å². The molecule has 1 fully saturated rings. The highest BCUT2D eigenvalue weighted by molar-refractivity contribution is 5.95. The van der Waals surface area contributed by atoms with Crippen molar-refractivity contribution in [3.8, 4) is 17.6 Å². The first-order valence-electron chi connectivity index (χ1n) is 9.67. The second-order valence-corrected chi connectivity index (χ2v) is 7.19. The molecule has 152 valence electrons. The number of carbonyl (C=O) groups is 2. The minimum atomic E-state index is -0.479. The number of primary amides is 1. The van der Waals surface area contributed by atoms with Crippen LogP contribution in [0.4, 0.5) is 5.69 Å². The molecule has 0 aliphatic carbocycles. The van der Waals surface area contributed by atoms with E-state index in [0.29, 0.717) is 28.1 Å². The number of benzene rings is 2. The number of hydrogen-bond donors (Lipinski definition) is 3. The zero-order valence-corrected chi connectivity index (χ0v) is 16.2. The molecule has 8 heteroatoms. The number of nitriles is 1. The first kappa shape index (κ1) is 19.5. The number of nitrogens with two attached hydrogens (primary N) is 1. The van der Waals surface area contributed by atoms with Gasteiger partial charge in [-0.2, -0.15) is 5.26 Å². The largest absolute Gasteiger partial charge is 0.457 e. The normalized spacial score (nSPS) is 15.6. The maximum absolute atomic E-state index is 12.2. The zero-order valence-electron chi connectivity index (χ0n) is 16.2. The summed E-state index contributed by atoms with van der Waals surface area (Å²) in [6, 6.07) is 14.4. The summed E-state index contributed by atoms with van der Waals surface area (Å²) in [4.78, 5) is 23.4. The molecule has 4 N–H and O–H groups in total. The molecule has 0 spiro atoms. The highest BCUT2D eigenvalue weighted by atomic mass is 16.5. The van der Waals surface area contributed by atoms with Gasteiger partial charge in [-0.15, -0.1) is 0 Å². The summed E-state index contributed by atoms with van der Waals surface area (Å²) >= 11 is 0. The van der Waals surface area contributed by atoms with E-state index < -0.39 is 5.91 Å². The summed E-state index contributed by atoms with van der Waals surface area (Å²) in [5.74, 6) is 0.646. The lowest BCUT2D eigenvalue weighted by molar-refractivity contribution is -0.119. The maximum atomic E-state index is 12.2. The summed E-state index contributed by atoms with van der Waals surface area (Å²) in [7, 11) is 0. The molecule has 30 heavy (non-hydrogen) atoms. The molecule has 0 unspecified atom stereocenters. The number of rotatable bonds is 6. The Morgan fingerprint density at radius 1 is 1.23 bits per heavy atom. The van der Waals surface area contributed by atoms with E-state index in [2.05, 4.69) is 16.7 Å². The third-order valence-corrected chi connectivity index (χ3v) is 5.03. The van der Waals surface area contributed by atoms with Crippen LogP contribution in [0.25, 0.3) is 10.9 Å². The summed E-state index contributed by atoms with van der Waals surface area (Å²) in [6.07, 6.45) is 3.46. The van der Waals surface area contributed by atoms with Crippen molar-refractivity contribution in [2.75, 3.05) is 11.9 Å². The number of hydrogen-bond acceptors (Lipinski definition) is 5. The molecular formula is C22H21N5O3. The fraction of sp³-hybridized carbons (Fsp3) is 0.227. The first-order valence-corrected chi connectivity index (χ1v) is 9.67. The second kappa shape index (κ2) is 8.27. The first-order chi connectivity index (χ1) is 14.5. The Morgan fingerprint density at radius 2 is 2.00 bits per heavy atom. The molecule has 4 rings (SSSR count). The van der Waals surface area contributed by atoms with Gasteiger partial charge in [0.15, 0.2) is 0 Å². The van der Waals surface area contributed by atoms with Crippen LogP contribution >= 0.6 is 0 Å². The maximum Gasteiger partial charge on any atom is 0.241 e. The monoisotopic (exact) mass is 403 g/mol. The van der Waals surface area contributed by atoms with E-state index in [1.165, 1.54) is 0 Å². The van der Waals surface area contributed by atoms with Crippen molar-refractivity contribution in [1.82, 2.24) is 9.88 Å². The average Bonchev–Trinajstić information content (AvgIpc) is 3.38. The number of anilines is 1. The van der Waals surface area contributed by atoms with Crippen LogP contribution in [0, 0.1) is 11.3 Å². The van der Waals surface area contributed by atoms with E-state index >= 15 is 0 Å². The molecule has 2 amide bonds. The second-order valence-electron chi connectivity index (χ2n) is 7.19. The van der Waals surface area contributed by atoms with Crippen molar-refractivity contribution < 1.29 is 14.3 Å². The van der Waals surface area contributed by atoms with E-state index in [4.69, 9.17) is 10.5 Å². The average molecular weight is 403 g/mol. The molecule has 1 aliphatic rings. The summed E-state index contributed by atoms with van der Waals surface area (Å²) < 4.78 is 7.55. The van der Waals surface area contributed by atoms with E-state index in [-0.39, 0.29) is 18.5 Å². The molecule has 1 atom stereocenters. The van der Waals surface area contributed by atoms with Gasteiger partial charge in [0.05, 0.1) is 17.1 Å². The lowest BCUT2D eigenvalue weighted by Gasteiger charge is -2.12. The fourth-order valence-corrected chi connectivity index (χ4v) is 3.61. The number of nitrogens with one attached hydrogen (secondary N) is 2. The van der Waals surface area contributed by atoms with Gasteiger partial charge in [-0.1, -0.05) is 0 Å². The van der Waals surface area contributed by atoms with Crippen LogP contribution < -0.4 is 21.1 Å². The lowest BCUT2D eigenvalue weighted by Crippen LogP contribution is -2.35. The fourth-order valence-electron chi connectivity index (χ4n) is 3.61. The zero-order chi connectivity index (χ0) is 21.1. The molecule has 3 aromatic rings. The molecule has 2 heterocycles. The van der Waals surface area contributed by atoms with Crippen molar-refractivity contribution in [3.05, 3.63) is 54.2 Å². The predicted molar refractivity (Wildman–Crippen MR) is 112 cm³/mol. The van der Waals surface area contributed by atoms with Crippen LogP contribution in [0.15, 0.2) is 48.7 Å². The van der Waals surface area contributed by atoms with E-state index in [1.54, 1.807) is 53.2 Å². The molecule has 1 saturated heterocycles. The molecule has 0 radical (unpaired) electrons. The topological polar surface area (TPSA) is 122 Å². The van der Waals surface area contributed by atoms with Gasteiger partial charge < -0.3 is 25.7 Å². The van der Waals surface area contributed by atoms with Gasteiger partial charge in [0.25, 0.3) is 0 Å². The van der Waals surface area contributed by atoms with Crippen molar-refractivity contribution in [1.29, 1.82) is 5.26 Å². The summed E-state index contributed by atoms with van der Waals surface area (Å²) in [5.41, 5.74) is 7.15. The van der Waals surface area contributed by atoms with Crippen molar-refractivity contribution in [3.63, 3.8) is 0 Å². The van der Waals surface area contributed by atoms with Crippen LogP contribution in [-0.2, 0) is 16.1 Å². The number of fused-ring (bicyclic) bond motifs is 1. The summed E-state index contributed by atoms with van der Waals surface area (Å²) in [6.45, 7) is 0.872. The van der Waals surface area contributed by atoms with Gasteiger partial charge in [-0.25, -0.2) is 0 Å². The smallest absolute Gasteiger partial charge is 0.241 e. The van der Waals surface area contributed by atoms with E-state index in [0.717, 1.165) is 24.9 Å². The van der Waals surface area contributed by atoms with E-state index in [9.17, 15) is 14.9 Å². The lowest BCUT2D eigenvalue weighted by atomic mass is 10.2. The summed E-state index contributed by atoms with van der Waals surface area (Å²) in [5, 5.41) is 16.1. The number of aromatic nitrogens is 1. The predicted octanol–water partition coefficient (Wildman–Crippen LogP) is 2.48. The van der Waals surface area contributed by atoms with Gasteiger partial charge in [0, 0.05) is 17.3 Å². The van der Waals surface area contributed by atoms with Crippen LogP contribution in [0.5, 0.6) is 11.5 Å². The standard InChI is InChI=1S/C22H21N5O3/c23-11-14-12-27(13-21(24)28)20-8-7-17(10-18(14)20)30-16-5-3-15(4-6-16)26-22(29)19-2-1-9-25-19/h3-8,10,12,19,25H,1-2,9,13H2,(H2,24,28)(H,26,29)/t19-/m0/s1. The van der Waals surface area contributed by atoms with Gasteiger partial charge in [-0.05, 0) is 61.9 Å². The number of carbonyl (C=O) groups excluding carboxylic acids is 2. The van der Waals surface area contributed by atoms with Gasteiger partial charge in [-0.3, -0.25) is 9.59 Å². The minimum absolute atomic E-state index is 0.00193. The van der Waals surface area contributed by atoms with Crippen LogP contribution in [0.2, 0.25) is 0 Å². The van der Waals surface area contributed by atoms with Gasteiger partial charge >= 0.3 is 0 Å². The number of ether oxygens (including phenoxy) is 1. The number of nitrogens with zero attached hydrogens (tertiary/aromatic N) is 2. The molecule has 2 aromatic carbocycles. The highest BCUT2D eigenvalue weighted by Gasteiger charge is 2.21. The van der Waals surface area contributed by atoms with Crippen molar-refractivity contribution in [2.45, 2.75) is 25.4 Å². The Bertz CT molecular complexity index is 1140. The molecule has 0 saturated carbocycles. The molecule has 1 aliphatic heterocycles. The molecule has 0 bridgehead atoms. The molecule has 1 aromatic heterocycles. The SMILES string of the molecule is N#Cc1cn(CC(N)=O)c2ccc(Oc3ccc(NC(=O)[C@@H]4CCCN4)cc3)cc12. The Hall–Kier alpha value is -3.83. The van der Waals surface area contributed by atoms with Crippen molar-refractivity contribution >= 4 is 28.4 Å². The Morgan fingerprint density at radius 3 is 2.67 bits per heavy atom. The minimum Gasteiger partial charge on any atom is -0.457 e. The van der Waals surface area contributed by atoms with Gasteiger partial charge in [0.2, 0.25) is 11.8 Å². The number of amides is 2. The third kappa shape index (κ3) is 4.11. The highest BCUT2D eigenvalue weighted by Crippen LogP contribution is 2.29. The molecule has 8 nitrogen and oxygen atoms in total. The molecular weight excluding hydrogens is 382 g/mol. The van der Waals surface area contributed by atoms with Crippen molar-refractivity contribution in [2.24, 2.45) is 5.73 Å². The van der Waals surface area contributed by atoms with Crippen LogP contribution in [-0.4, -0.2) is 29.0 Å². The third-order valence-electron chi connectivity index (χ3n) is 5.03. The van der Waals surface area contributed by atoms with Gasteiger partial charge in [0.1, 0.15) is 24.1 Å².